The van der Waals surface area contributed by atoms with Crippen LogP contribution in [0, 0.1) is 0 Å². The van der Waals surface area contributed by atoms with Gasteiger partial charge in [-0.1, -0.05) is 6.07 Å². The van der Waals surface area contributed by atoms with Gasteiger partial charge in [-0.05, 0) is 57.1 Å². The van der Waals surface area contributed by atoms with Crippen molar-refractivity contribution in [1.29, 1.82) is 0 Å². The normalized spacial score (nSPS) is 12.5. The van der Waals surface area contributed by atoms with Crippen LogP contribution in [0.15, 0.2) is 24.3 Å². The van der Waals surface area contributed by atoms with Crippen molar-refractivity contribution in [3.63, 3.8) is 0 Å². The van der Waals surface area contributed by atoms with Crippen molar-refractivity contribution >= 4 is 21.4 Å². The molecular weight excluding hydrogens is 271 g/mol. The molecule has 0 N–H and O–H groups in total. The molecule has 0 aliphatic heterocycles. The van der Waals surface area contributed by atoms with Crippen LogP contribution < -0.4 is 0 Å². The van der Waals surface area contributed by atoms with E-state index in [1.54, 1.807) is 6.07 Å². The summed E-state index contributed by atoms with van der Waals surface area (Å²) in [6.45, 7) is 0.988. The van der Waals surface area contributed by atoms with Crippen molar-refractivity contribution < 1.29 is 13.2 Å². The molecule has 0 unspecified atom stereocenters. The Bertz CT molecular complexity index is 557. The number of thiophene rings is 1. The van der Waals surface area contributed by atoms with E-state index in [1.165, 1.54) is 17.4 Å². The zero-order chi connectivity index (χ0) is 14.0. The first kappa shape index (κ1) is 14.3. The van der Waals surface area contributed by atoms with E-state index in [9.17, 15) is 13.2 Å². The molecule has 2 aromatic rings. The van der Waals surface area contributed by atoms with Gasteiger partial charge in [-0.15, -0.1) is 11.3 Å². The molecule has 0 fully saturated rings. The van der Waals surface area contributed by atoms with Crippen LogP contribution in [-0.4, -0.2) is 25.5 Å². The molecule has 0 amide bonds. The summed E-state index contributed by atoms with van der Waals surface area (Å²) in [5.74, 6) is 0. The number of alkyl halides is 3. The third kappa shape index (κ3) is 3.70. The largest absolute Gasteiger partial charge is 0.416 e. The highest BCUT2D eigenvalue weighted by molar-refractivity contribution is 7.19. The maximum absolute atomic E-state index is 12.6. The Kier molecular flexibility index (Phi) is 4.16. The van der Waals surface area contributed by atoms with Crippen molar-refractivity contribution in [3.05, 3.63) is 34.7 Å². The summed E-state index contributed by atoms with van der Waals surface area (Å²) < 4.78 is 38.6. The molecule has 1 aromatic heterocycles. The summed E-state index contributed by atoms with van der Waals surface area (Å²) >= 11 is 1.46. The van der Waals surface area contributed by atoms with E-state index in [1.807, 2.05) is 20.2 Å². The number of benzene rings is 1. The summed E-state index contributed by atoms with van der Waals surface area (Å²) in [5.41, 5.74) is -0.568. The molecule has 0 bridgehead atoms. The topological polar surface area (TPSA) is 3.24 Å². The highest BCUT2D eigenvalue weighted by Crippen LogP contribution is 2.34. The Morgan fingerprint density at radius 1 is 1.16 bits per heavy atom. The Labute approximate surface area is 114 Å². The molecule has 0 aliphatic rings. The molecular formula is C14H16F3NS. The predicted molar refractivity (Wildman–Crippen MR) is 73.7 cm³/mol. The summed E-state index contributed by atoms with van der Waals surface area (Å²) in [6.07, 6.45) is -2.33. The van der Waals surface area contributed by atoms with Crippen molar-refractivity contribution in [3.8, 4) is 0 Å². The quantitative estimate of drug-likeness (QED) is 0.805. The number of hydrogen-bond donors (Lipinski definition) is 0. The molecule has 0 aliphatic carbocycles. The van der Waals surface area contributed by atoms with Crippen molar-refractivity contribution in [2.24, 2.45) is 0 Å². The Balaban J connectivity index is 2.16. The second-order valence-corrected chi connectivity index (χ2v) is 6.04. The molecule has 1 heterocycles. The smallest absolute Gasteiger partial charge is 0.309 e. The van der Waals surface area contributed by atoms with Crippen LogP contribution in [0.1, 0.15) is 16.9 Å². The fourth-order valence-electron chi connectivity index (χ4n) is 1.96. The molecule has 0 atom stereocenters. The average Bonchev–Trinajstić information content (AvgIpc) is 2.68. The average molecular weight is 287 g/mol. The van der Waals surface area contributed by atoms with Crippen molar-refractivity contribution in [2.45, 2.75) is 19.0 Å². The van der Waals surface area contributed by atoms with E-state index < -0.39 is 11.7 Å². The predicted octanol–water partition coefficient (Wildman–Crippen LogP) is 4.41. The highest BCUT2D eigenvalue weighted by Gasteiger charge is 2.30. The number of nitrogens with zero attached hydrogens (tertiary/aromatic N) is 1. The second kappa shape index (κ2) is 5.51. The summed E-state index contributed by atoms with van der Waals surface area (Å²) in [6, 6.07) is 5.95. The molecule has 2 rings (SSSR count). The second-order valence-electron chi connectivity index (χ2n) is 4.87. The molecule has 104 valence electrons. The molecule has 0 spiro atoms. The minimum atomic E-state index is -4.26. The fraction of sp³-hybridized carbons (Fsp3) is 0.429. The molecule has 5 heteroatoms. The Morgan fingerprint density at radius 3 is 2.53 bits per heavy atom. The zero-order valence-electron chi connectivity index (χ0n) is 10.9. The molecule has 0 radical (unpaired) electrons. The van der Waals surface area contributed by atoms with Crippen molar-refractivity contribution in [1.82, 2.24) is 4.90 Å². The molecule has 1 aromatic carbocycles. The first-order valence-corrected chi connectivity index (χ1v) is 6.92. The lowest BCUT2D eigenvalue weighted by Gasteiger charge is -2.07. The van der Waals surface area contributed by atoms with E-state index in [4.69, 9.17) is 0 Å². The van der Waals surface area contributed by atoms with Gasteiger partial charge in [0.1, 0.15) is 0 Å². The molecule has 19 heavy (non-hydrogen) atoms. The van der Waals surface area contributed by atoms with E-state index in [-0.39, 0.29) is 0 Å². The lowest BCUT2D eigenvalue weighted by molar-refractivity contribution is -0.137. The summed E-state index contributed by atoms with van der Waals surface area (Å²) in [7, 11) is 4.03. The van der Waals surface area contributed by atoms with Crippen LogP contribution in [0.4, 0.5) is 13.2 Å². The number of hydrogen-bond acceptors (Lipinski definition) is 2. The van der Waals surface area contributed by atoms with Gasteiger partial charge in [-0.3, -0.25) is 0 Å². The van der Waals surface area contributed by atoms with E-state index in [2.05, 4.69) is 4.90 Å². The van der Waals surface area contributed by atoms with Crippen LogP contribution in [0.5, 0.6) is 0 Å². The van der Waals surface area contributed by atoms with Gasteiger partial charge in [-0.25, -0.2) is 0 Å². The van der Waals surface area contributed by atoms with E-state index in [0.717, 1.165) is 40.4 Å². The first-order valence-electron chi connectivity index (χ1n) is 6.10. The van der Waals surface area contributed by atoms with Gasteiger partial charge in [0, 0.05) is 9.58 Å². The number of fused-ring (bicyclic) bond motifs is 1. The number of rotatable bonds is 4. The van der Waals surface area contributed by atoms with Crippen molar-refractivity contribution in [2.75, 3.05) is 20.6 Å². The number of aryl methyl sites for hydroxylation is 1. The van der Waals surface area contributed by atoms with Crippen LogP contribution >= 0.6 is 11.3 Å². The standard InChI is InChI=1S/C14H16F3NS/c1-18(2)7-3-4-12-8-10-5-6-11(14(15,16)17)9-13(10)19-12/h5-6,8-9H,3-4,7H2,1-2H3. The van der Waals surface area contributed by atoms with Gasteiger partial charge < -0.3 is 4.90 Å². The Morgan fingerprint density at radius 2 is 1.89 bits per heavy atom. The third-order valence-corrected chi connectivity index (χ3v) is 4.08. The monoisotopic (exact) mass is 287 g/mol. The first-order chi connectivity index (χ1) is 8.86. The van der Waals surface area contributed by atoms with Gasteiger partial charge in [0.2, 0.25) is 0 Å². The SMILES string of the molecule is CN(C)CCCc1cc2ccc(C(F)(F)F)cc2s1. The lowest BCUT2D eigenvalue weighted by Crippen LogP contribution is -2.13. The fourth-order valence-corrected chi connectivity index (χ4v) is 3.10. The van der Waals surface area contributed by atoms with Gasteiger partial charge in [-0.2, -0.15) is 13.2 Å². The maximum atomic E-state index is 12.6. The van der Waals surface area contributed by atoms with Gasteiger partial charge in [0.25, 0.3) is 0 Å². The molecule has 1 nitrogen and oxygen atoms in total. The third-order valence-electron chi connectivity index (χ3n) is 2.93. The minimum absolute atomic E-state index is 0.568. The van der Waals surface area contributed by atoms with Gasteiger partial charge in [0.15, 0.2) is 0 Å². The van der Waals surface area contributed by atoms with Crippen LogP contribution in [0.25, 0.3) is 10.1 Å². The molecule has 0 saturated heterocycles. The van der Waals surface area contributed by atoms with Crippen LogP contribution in [0.2, 0.25) is 0 Å². The summed E-state index contributed by atoms with van der Waals surface area (Å²) in [5, 5.41) is 0.901. The number of halogens is 3. The minimum Gasteiger partial charge on any atom is -0.309 e. The van der Waals surface area contributed by atoms with Gasteiger partial charge >= 0.3 is 6.18 Å². The van der Waals surface area contributed by atoms with E-state index >= 15 is 0 Å². The van der Waals surface area contributed by atoms with Crippen LogP contribution in [-0.2, 0) is 12.6 Å². The lowest BCUT2D eigenvalue weighted by atomic mass is 10.1. The van der Waals surface area contributed by atoms with E-state index in [0.29, 0.717) is 0 Å². The maximum Gasteiger partial charge on any atom is 0.416 e. The zero-order valence-corrected chi connectivity index (χ0v) is 11.7. The Hall–Kier alpha value is -1.07. The molecule has 0 saturated carbocycles. The van der Waals surface area contributed by atoms with Gasteiger partial charge in [0.05, 0.1) is 5.56 Å². The van der Waals surface area contributed by atoms with Crippen LogP contribution in [0.3, 0.4) is 0 Å². The summed E-state index contributed by atoms with van der Waals surface area (Å²) in [4.78, 5) is 3.26. The highest BCUT2D eigenvalue weighted by atomic mass is 32.1.